The van der Waals surface area contributed by atoms with Gasteiger partial charge in [0.15, 0.2) is 0 Å². The molecule has 3 rings (SSSR count). The normalized spacial score (nSPS) is 16.4. The number of nitrogens with zero attached hydrogens (tertiary/aromatic N) is 2. The minimum atomic E-state index is -1.46. The Hall–Kier alpha value is -3.60. The number of amides is 4. The van der Waals surface area contributed by atoms with Crippen LogP contribution in [0.3, 0.4) is 0 Å². The van der Waals surface area contributed by atoms with Gasteiger partial charge in [0.1, 0.15) is 17.6 Å². The van der Waals surface area contributed by atoms with Gasteiger partial charge in [-0.3, -0.25) is 19.3 Å². The van der Waals surface area contributed by atoms with Gasteiger partial charge in [0.05, 0.1) is 17.9 Å². The van der Waals surface area contributed by atoms with Crippen molar-refractivity contribution in [3.8, 4) is 0 Å². The third kappa shape index (κ3) is 6.75. The first-order valence-electron chi connectivity index (χ1n) is 13.4. The van der Waals surface area contributed by atoms with Crippen molar-refractivity contribution < 1.29 is 24.3 Å². The first-order chi connectivity index (χ1) is 18.5. The molecule has 1 aromatic heterocycles. The highest BCUT2D eigenvalue weighted by atomic mass is 32.1. The Morgan fingerprint density at radius 3 is 2.40 bits per heavy atom. The molecular weight excluding hydrogens is 530 g/mol. The largest absolute Gasteiger partial charge is 0.465 e. The summed E-state index contributed by atoms with van der Waals surface area (Å²) in [5.74, 6) is -1.35. The average Bonchev–Trinajstić information content (AvgIpc) is 3.32. The third-order valence-electron chi connectivity index (χ3n) is 6.95. The molecule has 0 saturated heterocycles. The van der Waals surface area contributed by atoms with Crippen molar-refractivity contribution in [2.45, 2.75) is 91.0 Å². The molecule has 0 radical (unpaired) electrons. The number of thiophene rings is 1. The molecule has 2 aromatic rings. The summed E-state index contributed by atoms with van der Waals surface area (Å²) in [5.41, 5.74) is 6.87. The quantitative estimate of drug-likeness (QED) is 0.335. The van der Waals surface area contributed by atoms with Gasteiger partial charge in [-0.2, -0.15) is 11.3 Å². The van der Waals surface area contributed by atoms with Crippen molar-refractivity contribution in [3.05, 3.63) is 46.2 Å². The lowest BCUT2D eigenvalue weighted by Gasteiger charge is -2.44. The second-order valence-corrected chi connectivity index (χ2v) is 13.0. The summed E-state index contributed by atoms with van der Waals surface area (Å²) in [4.78, 5) is 55.5. The molecule has 10 nitrogen and oxygen atoms in total. The fourth-order valence-electron chi connectivity index (χ4n) is 5.32. The van der Waals surface area contributed by atoms with Gasteiger partial charge in [-0.1, -0.05) is 26.0 Å². The van der Waals surface area contributed by atoms with Crippen molar-refractivity contribution in [3.63, 3.8) is 0 Å². The van der Waals surface area contributed by atoms with Crippen LogP contribution in [-0.4, -0.2) is 57.0 Å². The van der Waals surface area contributed by atoms with Crippen LogP contribution >= 0.6 is 11.3 Å². The molecule has 1 unspecified atom stereocenters. The first-order valence-corrected chi connectivity index (χ1v) is 14.3. The Morgan fingerprint density at radius 1 is 1.18 bits per heavy atom. The number of carbonyl (C=O) groups is 4. The van der Waals surface area contributed by atoms with E-state index in [2.05, 4.69) is 10.6 Å². The zero-order chi connectivity index (χ0) is 30.0. The number of hydrogen-bond acceptors (Lipinski definition) is 6. The number of nitrogens with one attached hydrogen (secondary N) is 2. The van der Waals surface area contributed by atoms with Crippen LogP contribution in [0, 0.1) is 5.92 Å². The summed E-state index contributed by atoms with van der Waals surface area (Å²) in [6.07, 6.45) is -0.677. The maximum Gasteiger partial charge on any atom is 0.408 e. The topological polar surface area (TPSA) is 145 Å². The molecule has 0 saturated carbocycles. The predicted molar refractivity (Wildman–Crippen MR) is 157 cm³/mol. The fourth-order valence-corrected chi connectivity index (χ4v) is 5.98. The molecular formula is C29H41N5O5S. The zero-order valence-corrected chi connectivity index (χ0v) is 25.1. The second-order valence-electron chi connectivity index (χ2n) is 12.2. The smallest absolute Gasteiger partial charge is 0.408 e. The highest BCUT2D eigenvalue weighted by molar-refractivity contribution is 7.07. The monoisotopic (exact) mass is 571 g/mol. The molecule has 0 spiro atoms. The number of carbonyl (C=O) groups excluding carboxylic acids is 3. The van der Waals surface area contributed by atoms with Crippen LogP contribution in [-0.2, 0) is 27.3 Å². The minimum Gasteiger partial charge on any atom is -0.465 e. The van der Waals surface area contributed by atoms with E-state index in [4.69, 9.17) is 5.73 Å². The van der Waals surface area contributed by atoms with Crippen LogP contribution in [0.4, 0.5) is 16.2 Å². The van der Waals surface area contributed by atoms with Crippen molar-refractivity contribution in [2.24, 2.45) is 5.92 Å². The van der Waals surface area contributed by atoms with Crippen LogP contribution in [0.1, 0.15) is 66.0 Å². The Bertz CT molecular complexity index is 1250. The van der Waals surface area contributed by atoms with Gasteiger partial charge in [0, 0.05) is 12.0 Å². The van der Waals surface area contributed by atoms with Crippen LogP contribution in [0.15, 0.2) is 35.0 Å². The molecule has 5 N–H and O–H groups in total. The molecule has 1 aromatic carbocycles. The first kappa shape index (κ1) is 30.9. The zero-order valence-electron chi connectivity index (χ0n) is 24.3. The van der Waals surface area contributed by atoms with Gasteiger partial charge in [0.25, 0.3) is 0 Å². The Kier molecular flexibility index (Phi) is 9.18. The number of anilines is 2. The maximum atomic E-state index is 13.7. The van der Waals surface area contributed by atoms with Gasteiger partial charge in [-0.15, -0.1) is 0 Å². The number of carboxylic acid groups (broad SMARTS) is 1. The molecule has 11 heteroatoms. The van der Waals surface area contributed by atoms with Gasteiger partial charge >= 0.3 is 6.09 Å². The van der Waals surface area contributed by atoms with E-state index in [-0.39, 0.29) is 18.2 Å². The van der Waals surface area contributed by atoms with Crippen LogP contribution < -0.4 is 21.3 Å². The summed E-state index contributed by atoms with van der Waals surface area (Å²) in [7, 11) is 0. The predicted octanol–water partition coefficient (Wildman–Crippen LogP) is 3.99. The van der Waals surface area contributed by atoms with Crippen LogP contribution in [0.25, 0.3) is 0 Å². The highest BCUT2D eigenvalue weighted by Crippen LogP contribution is 2.35. The lowest BCUT2D eigenvalue weighted by molar-refractivity contribution is -0.138. The number of fused-ring (bicyclic) bond motifs is 1. The Labute approximate surface area is 239 Å². The van der Waals surface area contributed by atoms with Gasteiger partial charge in [0.2, 0.25) is 17.7 Å². The van der Waals surface area contributed by atoms with Gasteiger partial charge < -0.3 is 26.4 Å². The number of hydrogen-bond donors (Lipinski definition) is 4. The highest BCUT2D eigenvalue weighted by Gasteiger charge is 2.45. The van der Waals surface area contributed by atoms with E-state index in [1.807, 2.05) is 42.8 Å². The van der Waals surface area contributed by atoms with Gasteiger partial charge in [-0.05, 0) is 81.0 Å². The molecule has 4 amide bonds. The number of rotatable bonds is 9. The van der Waals surface area contributed by atoms with E-state index in [1.165, 1.54) is 25.2 Å². The average molecular weight is 572 g/mol. The lowest BCUT2D eigenvalue weighted by Crippen LogP contribution is -2.65. The molecule has 1 aliphatic heterocycles. The van der Waals surface area contributed by atoms with Crippen molar-refractivity contribution >= 4 is 46.5 Å². The third-order valence-corrected chi connectivity index (χ3v) is 7.68. The summed E-state index contributed by atoms with van der Waals surface area (Å²) < 4.78 is 0. The Balaban J connectivity index is 1.86. The summed E-state index contributed by atoms with van der Waals surface area (Å²) >= 11 is 1.53. The molecule has 1 aliphatic rings. The summed E-state index contributed by atoms with van der Waals surface area (Å²) in [5, 5.41) is 19.4. The molecule has 2 heterocycles. The standard InChI is InChI=1S/C29H41N5O5S/c1-17(2)13-21(32-26(37)29(6,7)34(27(38)39)28(3,4)5)24(35)31-22-14-19-9-8-10-20(30)23(19)33(25(22)36)15-18-11-12-40-16-18/h8-12,16-17,21-22H,13-15,30H2,1-7H3,(H,31,35)(H,32,37)(H,38,39)/t21-,22?/m1/s1. The maximum absolute atomic E-state index is 13.7. The second kappa shape index (κ2) is 11.9. The molecule has 0 aliphatic carbocycles. The van der Waals surface area contributed by atoms with Crippen LogP contribution in [0.5, 0.6) is 0 Å². The molecule has 0 fully saturated rings. The molecule has 218 valence electrons. The molecule has 0 bridgehead atoms. The SMILES string of the molecule is CC(C)C[C@@H](NC(=O)C(C)(C)N(C(=O)O)C(C)(C)C)C(=O)NC1Cc2cccc(N)c2N(Cc2ccsc2)C1=O. The van der Waals surface area contributed by atoms with Gasteiger partial charge in [-0.25, -0.2) is 4.79 Å². The fraction of sp³-hybridized carbons (Fsp3) is 0.517. The van der Waals surface area contributed by atoms with E-state index in [9.17, 15) is 24.3 Å². The lowest BCUT2D eigenvalue weighted by atomic mass is 9.92. The van der Waals surface area contributed by atoms with E-state index in [0.717, 1.165) is 16.0 Å². The summed E-state index contributed by atoms with van der Waals surface area (Å²) in [6.45, 7) is 12.3. The van der Waals surface area contributed by atoms with E-state index < -0.39 is 41.1 Å². The van der Waals surface area contributed by atoms with E-state index >= 15 is 0 Å². The van der Waals surface area contributed by atoms with Crippen molar-refractivity contribution in [2.75, 3.05) is 10.6 Å². The summed E-state index contributed by atoms with van der Waals surface area (Å²) in [6, 6.07) is 5.57. The number of benzene rings is 1. The number of nitrogen functional groups attached to an aromatic ring is 1. The molecule has 40 heavy (non-hydrogen) atoms. The number of nitrogens with two attached hydrogens (primary N) is 1. The van der Waals surface area contributed by atoms with Crippen LogP contribution in [0.2, 0.25) is 0 Å². The van der Waals surface area contributed by atoms with E-state index in [0.29, 0.717) is 24.3 Å². The van der Waals surface area contributed by atoms with E-state index in [1.54, 1.807) is 31.7 Å². The molecule has 2 atom stereocenters. The Morgan fingerprint density at radius 2 is 1.85 bits per heavy atom. The van der Waals surface area contributed by atoms with Crippen molar-refractivity contribution in [1.82, 2.24) is 15.5 Å². The number of para-hydroxylation sites is 1. The minimum absolute atomic E-state index is 0.0371. The van der Waals surface area contributed by atoms with Crippen molar-refractivity contribution in [1.29, 1.82) is 0 Å².